The summed E-state index contributed by atoms with van der Waals surface area (Å²) in [4.78, 5) is 14.9. The van der Waals surface area contributed by atoms with Crippen molar-refractivity contribution in [1.82, 2.24) is 0 Å². The molecule has 0 atom stereocenters. The van der Waals surface area contributed by atoms with Crippen molar-refractivity contribution in [3.05, 3.63) is 66.2 Å². The van der Waals surface area contributed by atoms with Gasteiger partial charge in [0.05, 0.1) is 5.69 Å². The first-order valence-corrected chi connectivity index (χ1v) is 10.7. The maximum absolute atomic E-state index is 13.3. The van der Waals surface area contributed by atoms with Gasteiger partial charge < -0.3 is 4.74 Å². The summed E-state index contributed by atoms with van der Waals surface area (Å²) < 4.78 is 6.55. The highest BCUT2D eigenvalue weighted by Crippen LogP contribution is 2.57. The molecule has 144 valence electrons. The van der Waals surface area contributed by atoms with Gasteiger partial charge in [-0.1, -0.05) is 36.4 Å². The Morgan fingerprint density at radius 1 is 0.857 bits per heavy atom. The first kappa shape index (κ1) is 17.9. The number of benzene rings is 2. The lowest BCUT2D eigenvalue weighted by atomic mass is 9.54. The predicted octanol–water partition coefficient (Wildman–Crippen LogP) is 5.60. The molecule has 0 N–H and O–H groups in total. The third kappa shape index (κ3) is 3.24. The maximum atomic E-state index is 13.3. The van der Waals surface area contributed by atoms with E-state index < -0.39 is 0 Å². The van der Waals surface area contributed by atoms with Gasteiger partial charge in [-0.3, -0.25) is 4.79 Å². The Balaban J connectivity index is 1.44. The molecule has 3 nitrogen and oxygen atoms in total. The number of hydrogen-bond donors (Lipinski definition) is 0. The minimum Gasteiger partial charge on any atom is -0.464 e. The van der Waals surface area contributed by atoms with E-state index in [0.29, 0.717) is 10.7 Å². The van der Waals surface area contributed by atoms with Gasteiger partial charge in [0.15, 0.2) is 0 Å². The average molecular weight is 392 g/mol. The standard InChI is InChI=1S/C24H25NO2S/c26-22(20-7-3-1-4-8-20)25(21-9-5-2-6-10-21)23(28)27-24-14-17-11-18(15-24)13-19(12-17)16-24/h1-10,17-19H,11-16H2. The Kier molecular flexibility index (Phi) is 4.47. The number of para-hydroxylation sites is 1. The molecule has 1 amide bonds. The molecular weight excluding hydrogens is 366 g/mol. The molecule has 2 aromatic rings. The van der Waals surface area contributed by atoms with Crippen molar-refractivity contribution in [2.75, 3.05) is 4.90 Å². The van der Waals surface area contributed by atoms with E-state index in [4.69, 9.17) is 17.0 Å². The highest BCUT2D eigenvalue weighted by atomic mass is 32.1. The number of nitrogens with zero attached hydrogens (tertiary/aromatic N) is 1. The van der Waals surface area contributed by atoms with Crippen LogP contribution >= 0.6 is 12.2 Å². The zero-order valence-corrected chi connectivity index (χ0v) is 16.7. The van der Waals surface area contributed by atoms with E-state index in [0.717, 1.165) is 42.7 Å². The Morgan fingerprint density at radius 2 is 1.36 bits per heavy atom. The Bertz CT molecular complexity index is 845. The normalized spacial score (nSPS) is 30.1. The van der Waals surface area contributed by atoms with Crippen molar-refractivity contribution in [3.63, 3.8) is 0 Å². The molecule has 4 saturated carbocycles. The molecule has 4 heteroatoms. The van der Waals surface area contributed by atoms with Gasteiger partial charge in [-0.25, -0.2) is 4.90 Å². The third-order valence-corrected chi connectivity index (χ3v) is 6.97. The van der Waals surface area contributed by atoms with E-state index in [9.17, 15) is 4.79 Å². The van der Waals surface area contributed by atoms with Crippen molar-refractivity contribution in [2.24, 2.45) is 17.8 Å². The van der Waals surface area contributed by atoms with Crippen LogP contribution in [0.3, 0.4) is 0 Å². The molecule has 0 saturated heterocycles. The molecule has 2 aromatic carbocycles. The van der Waals surface area contributed by atoms with Crippen LogP contribution in [-0.2, 0) is 4.74 Å². The Labute approximate surface area is 171 Å². The molecule has 0 aliphatic heterocycles. The molecule has 0 aromatic heterocycles. The lowest BCUT2D eigenvalue weighted by Gasteiger charge is -2.56. The third-order valence-electron chi connectivity index (χ3n) is 6.71. The second-order valence-electron chi connectivity index (χ2n) is 8.81. The summed E-state index contributed by atoms with van der Waals surface area (Å²) in [5.74, 6) is 2.17. The van der Waals surface area contributed by atoms with Gasteiger partial charge in [0, 0.05) is 5.56 Å². The van der Waals surface area contributed by atoms with E-state index in [1.54, 1.807) is 4.90 Å². The van der Waals surface area contributed by atoms with Gasteiger partial charge in [0.25, 0.3) is 11.1 Å². The number of ether oxygens (including phenoxy) is 1. The Morgan fingerprint density at radius 3 is 1.89 bits per heavy atom. The molecule has 0 heterocycles. The largest absolute Gasteiger partial charge is 0.464 e. The lowest BCUT2D eigenvalue weighted by Crippen LogP contribution is -2.54. The van der Waals surface area contributed by atoms with Crippen LogP contribution in [0.1, 0.15) is 48.9 Å². The van der Waals surface area contributed by atoms with Gasteiger partial charge in [-0.15, -0.1) is 0 Å². The van der Waals surface area contributed by atoms with Crippen LogP contribution in [0.2, 0.25) is 0 Å². The number of hydrogen-bond acceptors (Lipinski definition) is 3. The SMILES string of the molecule is O=C(c1ccccc1)N(C(=S)OC12CC3CC(CC(C3)C1)C2)c1ccccc1. The van der Waals surface area contributed by atoms with Crippen molar-refractivity contribution in [3.8, 4) is 0 Å². The zero-order chi connectivity index (χ0) is 19.1. The molecule has 4 aliphatic rings. The fourth-order valence-electron chi connectivity index (χ4n) is 5.98. The molecule has 6 rings (SSSR count). The van der Waals surface area contributed by atoms with Crippen LogP contribution in [0.4, 0.5) is 5.69 Å². The molecular formula is C24H25NO2S. The van der Waals surface area contributed by atoms with E-state index in [1.807, 2.05) is 60.7 Å². The van der Waals surface area contributed by atoms with Gasteiger partial charge in [-0.2, -0.15) is 0 Å². The van der Waals surface area contributed by atoms with E-state index in [1.165, 1.54) is 19.3 Å². The van der Waals surface area contributed by atoms with Gasteiger partial charge >= 0.3 is 0 Å². The predicted molar refractivity (Wildman–Crippen MR) is 114 cm³/mol. The smallest absolute Gasteiger partial charge is 0.271 e. The summed E-state index contributed by atoms with van der Waals surface area (Å²) in [5.41, 5.74) is 1.20. The zero-order valence-electron chi connectivity index (χ0n) is 15.9. The van der Waals surface area contributed by atoms with Crippen molar-refractivity contribution < 1.29 is 9.53 Å². The first-order valence-electron chi connectivity index (χ1n) is 10.3. The van der Waals surface area contributed by atoms with Crippen LogP contribution in [0.25, 0.3) is 0 Å². The number of carbonyl (C=O) groups excluding carboxylic acids is 1. The minimum absolute atomic E-state index is 0.137. The quantitative estimate of drug-likeness (QED) is 0.638. The number of rotatable bonds is 3. The second kappa shape index (κ2) is 7.00. The maximum Gasteiger partial charge on any atom is 0.271 e. The fraction of sp³-hybridized carbons (Fsp3) is 0.417. The van der Waals surface area contributed by atoms with Crippen molar-refractivity contribution >= 4 is 29.0 Å². The summed E-state index contributed by atoms with van der Waals surface area (Å²) >= 11 is 5.75. The highest BCUT2D eigenvalue weighted by Gasteiger charge is 2.53. The summed E-state index contributed by atoms with van der Waals surface area (Å²) in [6, 6.07) is 18.9. The number of thiocarbonyl (C=S) groups is 1. The van der Waals surface area contributed by atoms with Crippen LogP contribution in [0.15, 0.2) is 60.7 Å². The lowest BCUT2D eigenvalue weighted by molar-refractivity contribution is -0.114. The Hall–Kier alpha value is -2.20. The van der Waals surface area contributed by atoms with E-state index in [-0.39, 0.29) is 11.5 Å². The van der Waals surface area contributed by atoms with Crippen molar-refractivity contribution in [2.45, 2.75) is 44.1 Å². The molecule has 0 unspecified atom stereocenters. The monoisotopic (exact) mass is 391 g/mol. The summed E-state index contributed by atoms with van der Waals surface area (Å²) in [6.45, 7) is 0. The fourth-order valence-corrected chi connectivity index (χ4v) is 6.34. The van der Waals surface area contributed by atoms with E-state index in [2.05, 4.69) is 0 Å². The van der Waals surface area contributed by atoms with Crippen LogP contribution in [0, 0.1) is 17.8 Å². The topological polar surface area (TPSA) is 29.5 Å². The van der Waals surface area contributed by atoms with Crippen molar-refractivity contribution in [1.29, 1.82) is 0 Å². The van der Waals surface area contributed by atoms with Gasteiger partial charge in [0.2, 0.25) is 0 Å². The molecule has 4 bridgehead atoms. The minimum atomic E-state index is -0.171. The summed E-state index contributed by atoms with van der Waals surface area (Å²) in [7, 11) is 0. The number of anilines is 1. The molecule has 0 radical (unpaired) electrons. The molecule has 0 spiro atoms. The second-order valence-corrected chi connectivity index (χ2v) is 9.16. The molecule has 28 heavy (non-hydrogen) atoms. The highest BCUT2D eigenvalue weighted by molar-refractivity contribution is 7.80. The first-order chi connectivity index (χ1) is 13.6. The molecule has 4 fully saturated rings. The van der Waals surface area contributed by atoms with Crippen LogP contribution < -0.4 is 4.90 Å². The summed E-state index contributed by atoms with van der Waals surface area (Å²) in [5, 5.41) is 0.294. The number of amides is 1. The van der Waals surface area contributed by atoms with Crippen LogP contribution in [0.5, 0.6) is 0 Å². The summed E-state index contributed by atoms with van der Waals surface area (Å²) in [6.07, 6.45) is 7.30. The van der Waals surface area contributed by atoms with E-state index >= 15 is 0 Å². The number of carbonyl (C=O) groups is 1. The van der Waals surface area contributed by atoms with Crippen LogP contribution in [-0.4, -0.2) is 16.7 Å². The average Bonchev–Trinajstić information content (AvgIpc) is 2.68. The molecule has 4 aliphatic carbocycles. The van der Waals surface area contributed by atoms with Gasteiger partial charge in [-0.05, 0) is 92.8 Å². The van der Waals surface area contributed by atoms with Gasteiger partial charge in [0.1, 0.15) is 5.60 Å².